The molecule has 0 bridgehead atoms. The number of nitriles is 1. The van der Waals surface area contributed by atoms with E-state index in [9.17, 15) is 5.26 Å². The van der Waals surface area contributed by atoms with Gasteiger partial charge in [-0.1, -0.05) is 48.0 Å². The molecule has 1 heterocycles. The summed E-state index contributed by atoms with van der Waals surface area (Å²) < 4.78 is 5.63. The third kappa shape index (κ3) is 3.96. The van der Waals surface area contributed by atoms with E-state index in [2.05, 4.69) is 30.1 Å². The molecule has 0 atom stereocenters. The average Bonchev–Trinajstić information content (AvgIpc) is 3.11. The van der Waals surface area contributed by atoms with Crippen molar-refractivity contribution in [1.29, 1.82) is 5.26 Å². The zero-order valence-electron chi connectivity index (χ0n) is 14.2. The Morgan fingerprint density at radius 2 is 1.96 bits per heavy atom. The number of aromatic nitrogens is 1. The summed E-state index contributed by atoms with van der Waals surface area (Å²) in [5.41, 5.74) is 4.58. The molecule has 0 fully saturated rings. The number of benzene rings is 2. The summed E-state index contributed by atoms with van der Waals surface area (Å²) in [6.45, 7) is 4.59. The van der Waals surface area contributed by atoms with Crippen molar-refractivity contribution in [3.8, 4) is 23.1 Å². The predicted molar refractivity (Wildman–Crippen MR) is 103 cm³/mol. The second-order valence-electron chi connectivity index (χ2n) is 5.54. The molecular weight excluding hydrogens is 328 g/mol. The maximum Gasteiger partial charge on any atom is 0.134 e. The van der Waals surface area contributed by atoms with Gasteiger partial charge < -0.3 is 4.74 Å². The highest BCUT2D eigenvalue weighted by molar-refractivity contribution is 7.11. The van der Waals surface area contributed by atoms with E-state index in [4.69, 9.17) is 4.74 Å². The molecule has 0 saturated heterocycles. The maximum atomic E-state index is 9.59. The van der Waals surface area contributed by atoms with E-state index < -0.39 is 0 Å². The fraction of sp³-hybridized carbons (Fsp3) is 0.143. The third-order valence-corrected chi connectivity index (χ3v) is 4.60. The summed E-state index contributed by atoms with van der Waals surface area (Å²) >= 11 is 1.48. The lowest BCUT2D eigenvalue weighted by Gasteiger charge is -2.06. The van der Waals surface area contributed by atoms with Gasteiger partial charge in [0.25, 0.3) is 0 Å². The van der Waals surface area contributed by atoms with Crippen LogP contribution in [0.3, 0.4) is 0 Å². The second-order valence-corrected chi connectivity index (χ2v) is 6.40. The summed E-state index contributed by atoms with van der Waals surface area (Å²) in [6, 6.07) is 18.2. The average molecular weight is 346 g/mol. The highest BCUT2D eigenvalue weighted by atomic mass is 32.1. The van der Waals surface area contributed by atoms with E-state index in [1.165, 1.54) is 16.9 Å². The van der Waals surface area contributed by atoms with Crippen molar-refractivity contribution in [2.75, 3.05) is 6.61 Å². The first-order valence-corrected chi connectivity index (χ1v) is 8.95. The smallest absolute Gasteiger partial charge is 0.134 e. The number of allylic oxidation sites excluding steroid dienone is 1. The highest BCUT2D eigenvalue weighted by Crippen LogP contribution is 2.29. The first kappa shape index (κ1) is 16.9. The Labute approximate surface area is 151 Å². The van der Waals surface area contributed by atoms with Crippen LogP contribution in [0.5, 0.6) is 5.75 Å². The molecule has 0 aliphatic heterocycles. The van der Waals surface area contributed by atoms with Crippen LogP contribution >= 0.6 is 11.3 Å². The van der Waals surface area contributed by atoms with Crippen LogP contribution in [0.2, 0.25) is 0 Å². The summed E-state index contributed by atoms with van der Waals surface area (Å²) in [4.78, 5) is 4.64. The normalized spacial score (nSPS) is 11.2. The van der Waals surface area contributed by atoms with E-state index in [1.807, 2.05) is 54.8 Å². The molecule has 0 aliphatic carbocycles. The third-order valence-electron chi connectivity index (χ3n) is 3.72. The molecule has 0 unspecified atom stereocenters. The van der Waals surface area contributed by atoms with Gasteiger partial charge >= 0.3 is 0 Å². The molecule has 3 aromatic rings. The van der Waals surface area contributed by atoms with Crippen LogP contribution in [0, 0.1) is 18.3 Å². The number of thiazole rings is 1. The minimum Gasteiger partial charge on any atom is -0.493 e. The van der Waals surface area contributed by atoms with Crippen LogP contribution in [0.25, 0.3) is 22.9 Å². The van der Waals surface area contributed by atoms with Crippen molar-refractivity contribution in [3.63, 3.8) is 0 Å². The lowest BCUT2D eigenvalue weighted by molar-refractivity contribution is 0.339. The van der Waals surface area contributed by atoms with Crippen molar-refractivity contribution in [3.05, 3.63) is 70.0 Å². The van der Waals surface area contributed by atoms with Crippen LogP contribution in [-0.4, -0.2) is 11.6 Å². The molecule has 124 valence electrons. The topological polar surface area (TPSA) is 45.9 Å². The molecule has 0 radical (unpaired) electrons. The lowest BCUT2D eigenvalue weighted by Crippen LogP contribution is -1.93. The van der Waals surface area contributed by atoms with E-state index in [0.717, 1.165) is 22.6 Å². The van der Waals surface area contributed by atoms with Gasteiger partial charge in [0.2, 0.25) is 0 Å². The molecule has 3 nitrogen and oxygen atoms in total. The summed E-state index contributed by atoms with van der Waals surface area (Å²) in [7, 11) is 0. The van der Waals surface area contributed by atoms with Crippen LogP contribution < -0.4 is 4.74 Å². The first-order valence-electron chi connectivity index (χ1n) is 8.08. The van der Waals surface area contributed by atoms with Gasteiger partial charge in [0.05, 0.1) is 17.9 Å². The Hall–Kier alpha value is -2.90. The van der Waals surface area contributed by atoms with E-state index in [0.29, 0.717) is 17.2 Å². The van der Waals surface area contributed by atoms with Gasteiger partial charge in [-0.25, -0.2) is 4.98 Å². The van der Waals surface area contributed by atoms with Gasteiger partial charge in [0, 0.05) is 16.5 Å². The standard InChI is InChI=1S/C21H18N2OS/c1-3-24-20-7-5-4-6-17(20)12-18(13-22)21-23-19(14-25-21)16-10-8-15(2)9-11-16/h4-12,14H,3H2,1-2H3. The monoisotopic (exact) mass is 346 g/mol. The molecule has 4 heteroatoms. The summed E-state index contributed by atoms with van der Waals surface area (Å²) in [6.07, 6.45) is 1.84. The summed E-state index contributed by atoms with van der Waals surface area (Å²) in [5, 5.41) is 12.3. The SMILES string of the molecule is CCOc1ccccc1C=C(C#N)c1nc(-c2ccc(C)cc2)cs1. The molecule has 0 aliphatic rings. The van der Waals surface area contributed by atoms with Gasteiger partial charge in [-0.2, -0.15) is 5.26 Å². The van der Waals surface area contributed by atoms with Crippen molar-refractivity contribution in [1.82, 2.24) is 4.98 Å². The highest BCUT2D eigenvalue weighted by Gasteiger charge is 2.10. The fourth-order valence-corrected chi connectivity index (χ4v) is 3.23. The number of ether oxygens (including phenoxy) is 1. The minimum atomic E-state index is 0.538. The zero-order chi connectivity index (χ0) is 17.6. The minimum absolute atomic E-state index is 0.538. The van der Waals surface area contributed by atoms with Crippen LogP contribution in [0.4, 0.5) is 0 Å². The lowest BCUT2D eigenvalue weighted by atomic mass is 10.1. The van der Waals surface area contributed by atoms with Crippen LogP contribution in [-0.2, 0) is 0 Å². The van der Waals surface area contributed by atoms with E-state index in [-0.39, 0.29) is 0 Å². The Balaban J connectivity index is 1.95. The number of para-hydroxylation sites is 1. The Morgan fingerprint density at radius 1 is 1.20 bits per heavy atom. The Bertz CT molecular complexity index is 933. The number of rotatable bonds is 5. The van der Waals surface area contributed by atoms with Crippen LogP contribution in [0.15, 0.2) is 53.9 Å². The molecule has 2 aromatic carbocycles. The van der Waals surface area contributed by atoms with Gasteiger partial charge in [0.1, 0.15) is 16.8 Å². The molecule has 0 amide bonds. The number of hydrogen-bond acceptors (Lipinski definition) is 4. The molecule has 25 heavy (non-hydrogen) atoms. The van der Waals surface area contributed by atoms with Crippen molar-refractivity contribution < 1.29 is 4.74 Å². The number of aryl methyl sites for hydroxylation is 1. The van der Waals surface area contributed by atoms with E-state index in [1.54, 1.807) is 0 Å². The molecule has 1 aromatic heterocycles. The van der Waals surface area contributed by atoms with Crippen molar-refractivity contribution in [2.45, 2.75) is 13.8 Å². The fourth-order valence-electron chi connectivity index (χ4n) is 2.44. The quantitative estimate of drug-likeness (QED) is 0.566. The van der Waals surface area contributed by atoms with Crippen LogP contribution in [0.1, 0.15) is 23.1 Å². The van der Waals surface area contributed by atoms with Gasteiger partial charge in [-0.3, -0.25) is 0 Å². The molecule has 0 saturated carbocycles. The largest absolute Gasteiger partial charge is 0.493 e. The Kier molecular flexibility index (Phi) is 5.27. The maximum absolute atomic E-state index is 9.59. The van der Waals surface area contributed by atoms with Gasteiger partial charge in [-0.15, -0.1) is 11.3 Å². The van der Waals surface area contributed by atoms with E-state index >= 15 is 0 Å². The molecular formula is C21H18N2OS. The zero-order valence-corrected chi connectivity index (χ0v) is 15.0. The summed E-state index contributed by atoms with van der Waals surface area (Å²) in [5.74, 6) is 0.771. The molecule has 0 N–H and O–H groups in total. The second kappa shape index (κ2) is 7.78. The number of hydrogen-bond donors (Lipinski definition) is 0. The molecule has 0 spiro atoms. The Morgan fingerprint density at radius 3 is 2.68 bits per heavy atom. The van der Waals surface area contributed by atoms with Gasteiger partial charge in [-0.05, 0) is 26.0 Å². The van der Waals surface area contributed by atoms with Crippen molar-refractivity contribution >= 4 is 23.0 Å². The van der Waals surface area contributed by atoms with Gasteiger partial charge in [0.15, 0.2) is 0 Å². The number of nitrogens with zero attached hydrogens (tertiary/aromatic N) is 2. The molecule has 3 rings (SSSR count). The van der Waals surface area contributed by atoms with Crippen molar-refractivity contribution in [2.24, 2.45) is 0 Å². The first-order chi connectivity index (χ1) is 12.2. The predicted octanol–water partition coefficient (Wildman–Crippen LogP) is 5.58.